The van der Waals surface area contributed by atoms with Crippen molar-refractivity contribution < 1.29 is 4.79 Å². The Labute approximate surface area is 127 Å². The molecule has 0 bridgehead atoms. The molecule has 19 heavy (non-hydrogen) atoms. The number of hydrogen-bond donors (Lipinski definition) is 0. The van der Waals surface area contributed by atoms with E-state index in [2.05, 4.69) is 28.7 Å². The molecule has 4 heteroatoms. The molecule has 0 unspecified atom stereocenters. The molecule has 3 nitrogen and oxygen atoms in total. The Kier molecular flexibility index (Phi) is 4.14. The van der Waals surface area contributed by atoms with Gasteiger partial charge >= 0.3 is 0 Å². The van der Waals surface area contributed by atoms with E-state index in [0.717, 1.165) is 27.5 Å². The van der Waals surface area contributed by atoms with Gasteiger partial charge in [0.2, 0.25) is 0 Å². The maximum atomic E-state index is 12.5. The van der Waals surface area contributed by atoms with E-state index in [-0.39, 0.29) is 11.3 Å². The van der Waals surface area contributed by atoms with Crippen molar-refractivity contribution in [1.29, 1.82) is 5.26 Å². The van der Waals surface area contributed by atoms with Gasteiger partial charge in [-0.3, -0.25) is 4.79 Å². The summed E-state index contributed by atoms with van der Waals surface area (Å²) in [5, 5.41) is 9.12. The van der Waals surface area contributed by atoms with E-state index in [0.29, 0.717) is 13.1 Å². The van der Waals surface area contributed by atoms with Gasteiger partial charge in [0.05, 0.1) is 17.0 Å². The lowest BCUT2D eigenvalue weighted by molar-refractivity contribution is 0.0660. The fraction of sp³-hybridized carbons (Fsp3) is 0.467. The van der Waals surface area contributed by atoms with Crippen molar-refractivity contribution in [3.63, 3.8) is 0 Å². The smallest absolute Gasteiger partial charge is 0.254 e. The molecule has 1 aromatic carbocycles. The van der Waals surface area contributed by atoms with Crippen LogP contribution in [0.4, 0.5) is 0 Å². The summed E-state index contributed by atoms with van der Waals surface area (Å²) in [5.74, 6) is 0.0908. The zero-order valence-electron chi connectivity index (χ0n) is 11.2. The minimum atomic E-state index is -0.267. The molecule has 0 saturated carbocycles. The molecule has 0 N–H and O–H groups in total. The molecule has 0 radical (unpaired) electrons. The number of carbonyl (C=O) groups excluding carboxylic acids is 1. The molecule has 100 valence electrons. The number of nitriles is 1. The highest BCUT2D eigenvalue weighted by Gasteiger charge is 2.32. The van der Waals surface area contributed by atoms with E-state index in [4.69, 9.17) is 5.26 Å². The third-order valence-electron chi connectivity index (χ3n) is 3.85. The summed E-state index contributed by atoms with van der Waals surface area (Å²) in [5.41, 5.74) is 1.64. The van der Waals surface area contributed by atoms with E-state index in [9.17, 15) is 4.79 Å². The van der Waals surface area contributed by atoms with Crippen LogP contribution in [0.25, 0.3) is 0 Å². The second-order valence-electron chi connectivity index (χ2n) is 5.40. The Morgan fingerprint density at radius 3 is 2.63 bits per heavy atom. The quantitative estimate of drug-likeness (QED) is 0.714. The number of likely N-dealkylation sites (tertiary alicyclic amines) is 1. The Bertz CT molecular complexity index is 540. The van der Waals surface area contributed by atoms with Crippen LogP contribution in [0.1, 0.15) is 35.7 Å². The predicted octanol–water partition coefficient (Wildman–Crippen LogP) is 3.37. The first-order valence-electron chi connectivity index (χ1n) is 6.42. The highest BCUT2D eigenvalue weighted by molar-refractivity contribution is 14.1. The molecular weight excluding hydrogens is 351 g/mol. The minimum absolute atomic E-state index is 0.0908. The van der Waals surface area contributed by atoms with Gasteiger partial charge in [0.15, 0.2) is 0 Å². The lowest BCUT2D eigenvalue weighted by Crippen LogP contribution is -2.41. The van der Waals surface area contributed by atoms with Crippen molar-refractivity contribution in [3.8, 4) is 6.07 Å². The number of halogens is 1. The van der Waals surface area contributed by atoms with Gasteiger partial charge in [0, 0.05) is 16.7 Å². The molecule has 1 saturated heterocycles. The van der Waals surface area contributed by atoms with Crippen molar-refractivity contribution in [2.24, 2.45) is 5.41 Å². The number of rotatable bonds is 1. The Morgan fingerprint density at radius 1 is 1.42 bits per heavy atom. The Balaban J connectivity index is 2.15. The number of carbonyl (C=O) groups is 1. The number of aryl methyl sites for hydroxylation is 1. The molecule has 0 aromatic heterocycles. The number of nitrogens with zero attached hydrogens (tertiary/aromatic N) is 2. The molecule has 0 aliphatic carbocycles. The molecular formula is C15H17IN2O. The number of amides is 1. The third kappa shape index (κ3) is 2.92. The topological polar surface area (TPSA) is 44.1 Å². The van der Waals surface area contributed by atoms with Crippen molar-refractivity contribution in [2.45, 2.75) is 26.7 Å². The largest absolute Gasteiger partial charge is 0.339 e. The number of hydrogen-bond acceptors (Lipinski definition) is 2. The van der Waals surface area contributed by atoms with Gasteiger partial charge in [0.1, 0.15) is 0 Å². The van der Waals surface area contributed by atoms with E-state index in [1.165, 1.54) is 0 Å². The molecule has 2 rings (SSSR count). The summed E-state index contributed by atoms with van der Waals surface area (Å²) >= 11 is 2.23. The van der Waals surface area contributed by atoms with Gasteiger partial charge in [-0.2, -0.15) is 5.26 Å². The first kappa shape index (κ1) is 14.3. The van der Waals surface area contributed by atoms with Gasteiger partial charge in [-0.1, -0.05) is 12.1 Å². The molecule has 1 aliphatic rings. The zero-order chi connectivity index (χ0) is 14.0. The third-order valence-corrected chi connectivity index (χ3v) is 5.28. The van der Waals surface area contributed by atoms with Crippen LogP contribution >= 0.6 is 22.6 Å². The summed E-state index contributed by atoms with van der Waals surface area (Å²) < 4.78 is 1.03. The lowest BCUT2D eigenvalue weighted by Gasteiger charge is -2.35. The van der Waals surface area contributed by atoms with E-state index in [1.807, 2.05) is 36.9 Å². The number of piperidine rings is 1. The van der Waals surface area contributed by atoms with E-state index in [1.54, 1.807) is 0 Å². The molecule has 1 aliphatic heterocycles. The van der Waals surface area contributed by atoms with Gasteiger partial charge in [0.25, 0.3) is 5.91 Å². The van der Waals surface area contributed by atoms with E-state index < -0.39 is 0 Å². The highest BCUT2D eigenvalue weighted by atomic mass is 127. The van der Waals surface area contributed by atoms with Crippen LogP contribution in [0.3, 0.4) is 0 Å². The van der Waals surface area contributed by atoms with Crippen molar-refractivity contribution >= 4 is 28.5 Å². The summed E-state index contributed by atoms with van der Waals surface area (Å²) in [6.45, 7) is 5.34. The predicted molar refractivity (Wildman–Crippen MR) is 82.8 cm³/mol. The average molecular weight is 368 g/mol. The molecule has 1 heterocycles. The molecule has 1 amide bonds. The fourth-order valence-electron chi connectivity index (χ4n) is 2.30. The molecule has 1 fully saturated rings. The van der Waals surface area contributed by atoms with E-state index >= 15 is 0 Å². The lowest BCUT2D eigenvalue weighted by atomic mass is 9.82. The van der Waals surface area contributed by atoms with Crippen molar-refractivity contribution in [1.82, 2.24) is 4.90 Å². The average Bonchev–Trinajstić information content (AvgIpc) is 2.42. The SMILES string of the molecule is Cc1cccc(C(=O)N2CCC(C)(C#N)CC2)c1I. The van der Waals surface area contributed by atoms with Gasteiger partial charge in [-0.15, -0.1) is 0 Å². The van der Waals surface area contributed by atoms with Crippen molar-refractivity contribution in [3.05, 3.63) is 32.9 Å². The Hall–Kier alpha value is -1.09. The van der Waals surface area contributed by atoms with Crippen LogP contribution in [-0.2, 0) is 0 Å². The number of benzene rings is 1. The zero-order valence-corrected chi connectivity index (χ0v) is 13.4. The van der Waals surface area contributed by atoms with Crippen LogP contribution in [0.2, 0.25) is 0 Å². The molecule has 0 spiro atoms. The minimum Gasteiger partial charge on any atom is -0.339 e. The normalized spacial score (nSPS) is 17.9. The second-order valence-corrected chi connectivity index (χ2v) is 6.48. The molecule has 1 aromatic rings. The van der Waals surface area contributed by atoms with Crippen LogP contribution in [0, 0.1) is 27.2 Å². The molecule has 0 atom stereocenters. The van der Waals surface area contributed by atoms with Crippen LogP contribution in [0.5, 0.6) is 0 Å². The van der Waals surface area contributed by atoms with Crippen LogP contribution < -0.4 is 0 Å². The van der Waals surface area contributed by atoms with Crippen molar-refractivity contribution in [2.75, 3.05) is 13.1 Å². The van der Waals surface area contributed by atoms with Gasteiger partial charge in [-0.05, 0) is 60.9 Å². The van der Waals surface area contributed by atoms with Gasteiger partial charge in [-0.25, -0.2) is 0 Å². The first-order valence-corrected chi connectivity index (χ1v) is 7.50. The summed E-state index contributed by atoms with van der Waals surface area (Å²) in [7, 11) is 0. The first-order chi connectivity index (χ1) is 8.97. The summed E-state index contributed by atoms with van der Waals surface area (Å²) in [6, 6.07) is 8.18. The summed E-state index contributed by atoms with van der Waals surface area (Å²) in [4.78, 5) is 14.4. The van der Waals surface area contributed by atoms with Crippen LogP contribution in [0.15, 0.2) is 18.2 Å². The maximum absolute atomic E-state index is 12.5. The Morgan fingerprint density at radius 2 is 2.05 bits per heavy atom. The monoisotopic (exact) mass is 368 g/mol. The van der Waals surface area contributed by atoms with Crippen LogP contribution in [-0.4, -0.2) is 23.9 Å². The maximum Gasteiger partial charge on any atom is 0.254 e. The second kappa shape index (κ2) is 5.49. The fourth-order valence-corrected chi connectivity index (χ4v) is 2.89. The standard InChI is InChI=1S/C15H17IN2O/c1-11-4-3-5-12(13(11)16)14(19)18-8-6-15(2,10-17)7-9-18/h3-5H,6-9H2,1-2H3. The highest BCUT2D eigenvalue weighted by Crippen LogP contribution is 2.31. The van der Waals surface area contributed by atoms with Gasteiger partial charge < -0.3 is 4.90 Å². The summed E-state index contributed by atoms with van der Waals surface area (Å²) in [6.07, 6.45) is 1.52.